The number of likely N-dealkylation sites (tertiary alicyclic amines) is 1. The Morgan fingerprint density at radius 3 is 2.65 bits per heavy atom. The van der Waals surface area contributed by atoms with Crippen LogP contribution in [-0.4, -0.2) is 56.4 Å². The number of amides is 1. The minimum Gasteiger partial charge on any atom is -0.508 e. The zero-order valence-corrected chi connectivity index (χ0v) is 17.5. The molecule has 0 aliphatic carbocycles. The minimum atomic E-state index is -0.868. The second-order valence-corrected chi connectivity index (χ2v) is 7.51. The number of carbonyl (C=O) groups excluding carboxylic acids is 2. The van der Waals surface area contributed by atoms with Crippen molar-refractivity contribution in [1.29, 1.82) is 0 Å². The van der Waals surface area contributed by atoms with E-state index in [1.165, 1.54) is 24.1 Å². The van der Waals surface area contributed by atoms with Gasteiger partial charge in [0.05, 0.1) is 23.9 Å². The lowest BCUT2D eigenvalue weighted by Gasteiger charge is -2.25. The molecule has 1 fully saturated rings. The SMILES string of the molecule is COCCN1C(=O)C(=O)/C(=C(/O)c2nc3c(C)cccn3c2C)C1c1cccc(O)c1. The molecule has 0 spiro atoms. The van der Waals surface area contributed by atoms with Crippen LogP contribution < -0.4 is 0 Å². The number of methoxy groups -OCH3 is 1. The van der Waals surface area contributed by atoms with Gasteiger partial charge in [0.2, 0.25) is 0 Å². The number of ketones is 1. The fourth-order valence-corrected chi connectivity index (χ4v) is 4.02. The fraction of sp³-hybridized carbons (Fsp3) is 0.261. The predicted molar refractivity (Wildman–Crippen MR) is 114 cm³/mol. The topological polar surface area (TPSA) is 104 Å². The number of hydrogen-bond acceptors (Lipinski definition) is 6. The van der Waals surface area contributed by atoms with Crippen LogP contribution in [0.15, 0.2) is 48.2 Å². The highest BCUT2D eigenvalue weighted by atomic mass is 16.5. The zero-order chi connectivity index (χ0) is 22.3. The summed E-state index contributed by atoms with van der Waals surface area (Å²) in [4.78, 5) is 31.7. The summed E-state index contributed by atoms with van der Waals surface area (Å²) < 4.78 is 6.93. The molecule has 160 valence electrons. The van der Waals surface area contributed by atoms with Crippen molar-refractivity contribution in [2.45, 2.75) is 19.9 Å². The Bertz CT molecular complexity index is 1230. The number of benzene rings is 1. The van der Waals surface area contributed by atoms with Gasteiger partial charge >= 0.3 is 0 Å². The number of phenols is 1. The number of hydrogen-bond donors (Lipinski definition) is 2. The lowest BCUT2D eigenvalue weighted by atomic mass is 9.96. The quantitative estimate of drug-likeness (QED) is 0.373. The Morgan fingerprint density at radius 2 is 1.97 bits per heavy atom. The molecular weight excluding hydrogens is 398 g/mol. The highest BCUT2D eigenvalue weighted by molar-refractivity contribution is 6.46. The summed E-state index contributed by atoms with van der Waals surface area (Å²) in [6.07, 6.45) is 1.82. The second-order valence-electron chi connectivity index (χ2n) is 7.51. The third kappa shape index (κ3) is 3.34. The van der Waals surface area contributed by atoms with Crippen molar-refractivity contribution in [3.05, 3.63) is 70.7 Å². The van der Waals surface area contributed by atoms with E-state index in [0.29, 0.717) is 16.9 Å². The summed E-state index contributed by atoms with van der Waals surface area (Å²) in [7, 11) is 1.50. The highest BCUT2D eigenvalue weighted by Gasteiger charge is 2.46. The van der Waals surface area contributed by atoms with Gasteiger partial charge in [-0.05, 0) is 43.2 Å². The monoisotopic (exact) mass is 421 g/mol. The number of ether oxygens (including phenoxy) is 1. The first-order chi connectivity index (χ1) is 14.8. The predicted octanol–water partition coefficient (Wildman–Crippen LogP) is 2.72. The zero-order valence-electron chi connectivity index (χ0n) is 17.5. The smallest absolute Gasteiger partial charge is 0.295 e. The molecule has 1 aliphatic heterocycles. The Kier molecular flexibility index (Phi) is 5.24. The molecule has 1 atom stereocenters. The van der Waals surface area contributed by atoms with E-state index < -0.39 is 17.7 Å². The number of imidazole rings is 1. The van der Waals surface area contributed by atoms with E-state index in [2.05, 4.69) is 4.98 Å². The molecule has 1 saturated heterocycles. The van der Waals surface area contributed by atoms with Gasteiger partial charge in [0.1, 0.15) is 17.1 Å². The molecule has 2 N–H and O–H groups in total. The third-order valence-corrected chi connectivity index (χ3v) is 5.57. The maximum atomic E-state index is 13.0. The molecule has 0 radical (unpaired) electrons. The largest absolute Gasteiger partial charge is 0.508 e. The molecule has 2 aromatic heterocycles. The maximum absolute atomic E-state index is 13.0. The average molecular weight is 421 g/mol. The van der Waals surface area contributed by atoms with E-state index in [0.717, 1.165) is 5.56 Å². The molecule has 31 heavy (non-hydrogen) atoms. The van der Waals surface area contributed by atoms with Crippen LogP contribution in [0.4, 0.5) is 0 Å². The van der Waals surface area contributed by atoms with Gasteiger partial charge in [0.15, 0.2) is 5.76 Å². The molecule has 3 heterocycles. The third-order valence-electron chi connectivity index (χ3n) is 5.57. The van der Waals surface area contributed by atoms with Gasteiger partial charge in [-0.25, -0.2) is 4.98 Å². The van der Waals surface area contributed by atoms with Crippen molar-refractivity contribution >= 4 is 23.1 Å². The number of phenolic OH excluding ortho intramolecular Hbond substituents is 1. The number of aliphatic hydroxyl groups excluding tert-OH is 1. The van der Waals surface area contributed by atoms with E-state index in [9.17, 15) is 19.8 Å². The summed E-state index contributed by atoms with van der Waals surface area (Å²) in [5, 5.41) is 21.2. The molecule has 0 saturated carbocycles. The van der Waals surface area contributed by atoms with E-state index in [4.69, 9.17) is 4.74 Å². The van der Waals surface area contributed by atoms with Crippen LogP contribution in [0.2, 0.25) is 0 Å². The van der Waals surface area contributed by atoms with Gasteiger partial charge in [0.25, 0.3) is 11.7 Å². The number of rotatable bonds is 5. The number of aromatic nitrogens is 2. The number of nitrogens with zero attached hydrogens (tertiary/aromatic N) is 3. The number of carbonyl (C=O) groups is 2. The van der Waals surface area contributed by atoms with Crippen molar-refractivity contribution in [3.63, 3.8) is 0 Å². The van der Waals surface area contributed by atoms with E-state index in [1.54, 1.807) is 19.1 Å². The number of aryl methyl sites for hydroxylation is 2. The molecule has 1 aliphatic rings. The van der Waals surface area contributed by atoms with Crippen LogP contribution >= 0.6 is 0 Å². The van der Waals surface area contributed by atoms with Gasteiger partial charge in [-0.2, -0.15) is 0 Å². The average Bonchev–Trinajstić information content (AvgIpc) is 3.22. The Morgan fingerprint density at radius 1 is 1.19 bits per heavy atom. The summed E-state index contributed by atoms with van der Waals surface area (Å²) in [6, 6.07) is 9.21. The van der Waals surface area contributed by atoms with Crippen LogP contribution in [0.3, 0.4) is 0 Å². The van der Waals surface area contributed by atoms with Gasteiger partial charge < -0.3 is 24.3 Å². The van der Waals surface area contributed by atoms with E-state index >= 15 is 0 Å². The van der Waals surface area contributed by atoms with Crippen LogP contribution in [0, 0.1) is 13.8 Å². The van der Waals surface area contributed by atoms with Crippen molar-refractivity contribution in [1.82, 2.24) is 14.3 Å². The molecule has 0 bridgehead atoms. The second kappa shape index (κ2) is 7.88. The Hall–Kier alpha value is -3.65. The van der Waals surface area contributed by atoms with Gasteiger partial charge in [-0.3, -0.25) is 9.59 Å². The molecule has 8 heteroatoms. The lowest BCUT2D eigenvalue weighted by molar-refractivity contribution is -0.140. The lowest BCUT2D eigenvalue weighted by Crippen LogP contribution is -2.32. The number of Topliss-reactive ketones (excluding diaryl/α,β-unsaturated/α-hetero) is 1. The molecule has 3 aromatic rings. The molecule has 8 nitrogen and oxygen atoms in total. The van der Waals surface area contributed by atoms with Crippen LogP contribution in [0.1, 0.15) is 28.6 Å². The van der Waals surface area contributed by atoms with Crippen molar-refractivity contribution in [2.24, 2.45) is 0 Å². The fourth-order valence-electron chi connectivity index (χ4n) is 4.02. The number of fused-ring (bicyclic) bond motifs is 1. The molecular formula is C23H23N3O5. The first kappa shape index (κ1) is 20.6. The van der Waals surface area contributed by atoms with Gasteiger partial charge in [-0.1, -0.05) is 18.2 Å². The standard InChI is InChI=1S/C23H23N3O5/c1-13-6-5-9-25-14(2)18(24-22(13)25)20(28)17-19(15-7-4-8-16(27)12-15)26(10-11-31-3)23(30)21(17)29/h4-9,12,19,27-28H,10-11H2,1-3H3/b20-17+. The normalized spacial score (nSPS) is 18.3. The number of aliphatic hydroxyl groups is 1. The number of aromatic hydroxyl groups is 1. The summed E-state index contributed by atoms with van der Waals surface area (Å²) in [5.41, 5.74) is 2.90. The van der Waals surface area contributed by atoms with Crippen molar-refractivity contribution < 1.29 is 24.5 Å². The van der Waals surface area contributed by atoms with Crippen molar-refractivity contribution in [2.75, 3.05) is 20.3 Å². The molecule has 1 amide bonds. The molecule has 4 rings (SSSR count). The van der Waals surface area contributed by atoms with Crippen molar-refractivity contribution in [3.8, 4) is 5.75 Å². The minimum absolute atomic E-state index is 0.00522. The number of pyridine rings is 1. The summed E-state index contributed by atoms with van der Waals surface area (Å²) >= 11 is 0. The molecule has 1 unspecified atom stereocenters. The van der Waals surface area contributed by atoms with E-state index in [1.807, 2.05) is 29.7 Å². The maximum Gasteiger partial charge on any atom is 0.295 e. The Balaban J connectivity index is 1.94. The first-order valence-corrected chi connectivity index (χ1v) is 9.86. The first-order valence-electron chi connectivity index (χ1n) is 9.86. The summed E-state index contributed by atoms with van der Waals surface area (Å²) in [5.74, 6) is -1.87. The van der Waals surface area contributed by atoms with Crippen LogP contribution in [0.5, 0.6) is 5.75 Å². The van der Waals surface area contributed by atoms with Crippen LogP contribution in [0.25, 0.3) is 11.4 Å². The van der Waals surface area contributed by atoms with Crippen LogP contribution in [-0.2, 0) is 14.3 Å². The van der Waals surface area contributed by atoms with Gasteiger partial charge in [0, 0.05) is 19.9 Å². The summed E-state index contributed by atoms with van der Waals surface area (Å²) in [6.45, 7) is 4.07. The Labute approximate surface area is 179 Å². The van der Waals surface area contributed by atoms with E-state index in [-0.39, 0.29) is 35.9 Å². The highest BCUT2D eigenvalue weighted by Crippen LogP contribution is 2.40. The molecule has 1 aromatic carbocycles. The van der Waals surface area contributed by atoms with Gasteiger partial charge in [-0.15, -0.1) is 0 Å².